The summed E-state index contributed by atoms with van der Waals surface area (Å²) in [6, 6.07) is 6.04. The zero-order valence-corrected chi connectivity index (χ0v) is 13.5. The van der Waals surface area contributed by atoms with Gasteiger partial charge < -0.3 is 5.32 Å². The van der Waals surface area contributed by atoms with E-state index in [0.29, 0.717) is 5.69 Å². The molecule has 1 atom stereocenters. The predicted molar refractivity (Wildman–Crippen MR) is 83.5 cm³/mol. The van der Waals surface area contributed by atoms with Gasteiger partial charge in [0, 0.05) is 24.4 Å². The molecule has 5 nitrogen and oxygen atoms in total. The number of hydrogen-bond donors (Lipinski definition) is 2. The summed E-state index contributed by atoms with van der Waals surface area (Å²) < 4.78 is 27.1. The van der Waals surface area contributed by atoms with Crippen molar-refractivity contribution in [2.75, 3.05) is 17.3 Å². The Morgan fingerprint density at radius 3 is 2.35 bits per heavy atom. The van der Waals surface area contributed by atoms with Crippen molar-refractivity contribution >= 4 is 33.4 Å². The lowest BCUT2D eigenvalue weighted by atomic mass is 10.3. The van der Waals surface area contributed by atoms with Crippen molar-refractivity contribution < 1.29 is 13.2 Å². The van der Waals surface area contributed by atoms with E-state index in [0.717, 1.165) is 12.2 Å². The van der Waals surface area contributed by atoms with Crippen LogP contribution in [0.2, 0.25) is 0 Å². The van der Waals surface area contributed by atoms with E-state index >= 15 is 0 Å². The minimum atomic E-state index is -3.52. The number of rotatable bonds is 7. The first-order chi connectivity index (χ1) is 9.39. The quantitative estimate of drug-likeness (QED) is 0.807. The van der Waals surface area contributed by atoms with Gasteiger partial charge in [0.05, 0.1) is 4.90 Å². The average molecular weight is 316 g/mol. The molecule has 1 rings (SSSR count). The number of anilines is 1. The number of nitrogens with one attached hydrogen (secondary N) is 2. The molecule has 1 unspecified atom stereocenters. The number of amides is 1. The molecule has 20 heavy (non-hydrogen) atoms. The number of benzene rings is 1. The maximum Gasteiger partial charge on any atom is 0.240 e. The van der Waals surface area contributed by atoms with Crippen molar-refractivity contribution in [3.05, 3.63) is 24.3 Å². The van der Waals surface area contributed by atoms with E-state index in [-0.39, 0.29) is 16.8 Å². The summed E-state index contributed by atoms with van der Waals surface area (Å²) in [5.74, 6) is 0.546. The second-order valence-corrected chi connectivity index (χ2v) is 7.01. The van der Waals surface area contributed by atoms with Crippen LogP contribution in [0.1, 0.15) is 20.3 Å². The molecule has 0 aliphatic rings. The zero-order chi connectivity index (χ0) is 15.2. The Morgan fingerprint density at radius 2 is 1.90 bits per heavy atom. The van der Waals surface area contributed by atoms with E-state index in [2.05, 4.69) is 10.0 Å². The third kappa shape index (κ3) is 5.15. The minimum Gasteiger partial charge on any atom is -0.326 e. The van der Waals surface area contributed by atoms with Gasteiger partial charge in [-0.3, -0.25) is 4.79 Å². The fraction of sp³-hybridized carbons (Fsp3) is 0.462. The van der Waals surface area contributed by atoms with Crippen molar-refractivity contribution in [3.63, 3.8) is 0 Å². The van der Waals surface area contributed by atoms with Crippen LogP contribution < -0.4 is 10.0 Å². The van der Waals surface area contributed by atoms with Gasteiger partial charge in [0.1, 0.15) is 0 Å². The fourth-order valence-electron chi connectivity index (χ4n) is 1.64. The Kier molecular flexibility index (Phi) is 6.51. The first-order valence-corrected chi connectivity index (χ1v) is 9.15. The van der Waals surface area contributed by atoms with Crippen molar-refractivity contribution in [1.82, 2.24) is 4.72 Å². The smallest absolute Gasteiger partial charge is 0.240 e. The van der Waals surface area contributed by atoms with Gasteiger partial charge in [-0.2, -0.15) is 11.8 Å². The van der Waals surface area contributed by atoms with E-state index in [4.69, 9.17) is 0 Å². The highest BCUT2D eigenvalue weighted by Crippen LogP contribution is 2.15. The molecule has 0 saturated carbocycles. The van der Waals surface area contributed by atoms with Crippen molar-refractivity contribution in [3.8, 4) is 0 Å². The number of hydrogen-bond acceptors (Lipinski definition) is 4. The highest BCUT2D eigenvalue weighted by Gasteiger charge is 2.18. The van der Waals surface area contributed by atoms with E-state index < -0.39 is 10.0 Å². The summed E-state index contributed by atoms with van der Waals surface area (Å²) in [6.07, 6.45) is 2.68. The molecule has 112 valence electrons. The van der Waals surface area contributed by atoms with Crippen molar-refractivity contribution in [1.29, 1.82) is 0 Å². The minimum absolute atomic E-state index is 0.0787. The maximum atomic E-state index is 12.2. The number of carbonyl (C=O) groups is 1. The summed E-state index contributed by atoms with van der Waals surface area (Å²) in [5, 5.41) is 2.60. The first kappa shape index (κ1) is 17.0. The molecule has 1 aromatic rings. The van der Waals surface area contributed by atoms with Gasteiger partial charge in [0.25, 0.3) is 0 Å². The second-order valence-electron chi connectivity index (χ2n) is 4.39. The topological polar surface area (TPSA) is 75.3 Å². The molecule has 0 aliphatic heterocycles. The largest absolute Gasteiger partial charge is 0.326 e. The molecular weight excluding hydrogens is 296 g/mol. The van der Waals surface area contributed by atoms with Gasteiger partial charge >= 0.3 is 0 Å². The third-order valence-electron chi connectivity index (χ3n) is 2.67. The van der Waals surface area contributed by atoms with Gasteiger partial charge in [-0.25, -0.2) is 13.1 Å². The molecule has 0 radical (unpaired) electrons. The van der Waals surface area contributed by atoms with Crippen LogP contribution in [0.4, 0.5) is 5.69 Å². The third-order valence-corrected chi connectivity index (χ3v) is 4.94. The Morgan fingerprint density at radius 1 is 1.30 bits per heavy atom. The summed E-state index contributed by atoms with van der Waals surface area (Å²) in [7, 11) is -3.52. The van der Waals surface area contributed by atoms with Crippen LogP contribution in [0.15, 0.2) is 29.2 Å². The molecule has 2 N–H and O–H groups in total. The SMILES string of the molecule is CCC(CSC)NS(=O)(=O)c1ccc(NC(C)=O)cc1. The van der Waals surface area contributed by atoms with Crippen molar-refractivity contribution in [2.24, 2.45) is 0 Å². The normalized spacial score (nSPS) is 12.9. The molecule has 0 saturated heterocycles. The standard InChI is InChI=1S/C13H20N2O3S2/c1-4-11(9-19-3)15-20(17,18)13-7-5-12(6-8-13)14-10(2)16/h5-8,11,15H,4,9H2,1-3H3,(H,14,16). The van der Waals surface area contributed by atoms with Crippen LogP contribution in [0.25, 0.3) is 0 Å². The summed E-state index contributed by atoms with van der Waals surface area (Å²) >= 11 is 1.61. The molecule has 0 aliphatic carbocycles. The van der Waals surface area contributed by atoms with Gasteiger partial charge in [-0.05, 0) is 36.9 Å². The molecule has 0 aromatic heterocycles. The van der Waals surface area contributed by atoms with Crippen LogP contribution in [0, 0.1) is 0 Å². The molecule has 0 bridgehead atoms. The summed E-state index contributed by atoms with van der Waals surface area (Å²) in [5.41, 5.74) is 0.576. The Balaban J connectivity index is 2.84. The van der Waals surface area contributed by atoms with Crippen LogP contribution in [0.3, 0.4) is 0 Å². The van der Waals surface area contributed by atoms with E-state index in [1.165, 1.54) is 19.1 Å². The summed E-state index contributed by atoms with van der Waals surface area (Å²) in [6.45, 7) is 3.35. The zero-order valence-electron chi connectivity index (χ0n) is 11.8. The second kappa shape index (κ2) is 7.66. The lowest BCUT2D eigenvalue weighted by Gasteiger charge is -2.16. The lowest BCUT2D eigenvalue weighted by Crippen LogP contribution is -2.36. The Hall–Kier alpha value is -1.05. The number of carbonyl (C=O) groups excluding carboxylic acids is 1. The summed E-state index contributed by atoms with van der Waals surface area (Å²) in [4.78, 5) is 11.1. The van der Waals surface area contributed by atoms with Crippen LogP contribution >= 0.6 is 11.8 Å². The lowest BCUT2D eigenvalue weighted by molar-refractivity contribution is -0.114. The fourth-order valence-corrected chi connectivity index (χ4v) is 3.79. The molecule has 0 fully saturated rings. The van der Waals surface area contributed by atoms with Crippen LogP contribution in [-0.2, 0) is 14.8 Å². The van der Waals surface area contributed by atoms with E-state index in [9.17, 15) is 13.2 Å². The van der Waals surface area contributed by atoms with E-state index in [1.807, 2.05) is 13.2 Å². The molecule has 7 heteroatoms. The average Bonchev–Trinajstić information content (AvgIpc) is 2.38. The predicted octanol–water partition coefficient (Wildman–Crippen LogP) is 2.06. The Labute approximate surface area is 124 Å². The number of sulfonamides is 1. The van der Waals surface area contributed by atoms with Crippen LogP contribution in [0.5, 0.6) is 0 Å². The van der Waals surface area contributed by atoms with Gasteiger partial charge in [-0.15, -0.1) is 0 Å². The van der Waals surface area contributed by atoms with Crippen molar-refractivity contribution in [2.45, 2.75) is 31.2 Å². The molecule has 0 heterocycles. The van der Waals surface area contributed by atoms with Crippen LogP contribution in [-0.4, -0.2) is 32.4 Å². The molecular formula is C13H20N2O3S2. The number of thioether (sulfide) groups is 1. The van der Waals surface area contributed by atoms with Gasteiger partial charge in [0.15, 0.2) is 0 Å². The first-order valence-electron chi connectivity index (χ1n) is 6.28. The van der Waals surface area contributed by atoms with Gasteiger partial charge in [0.2, 0.25) is 15.9 Å². The molecule has 1 aromatic carbocycles. The van der Waals surface area contributed by atoms with E-state index in [1.54, 1.807) is 23.9 Å². The maximum absolute atomic E-state index is 12.2. The molecule has 0 spiro atoms. The highest BCUT2D eigenvalue weighted by molar-refractivity contribution is 7.98. The van der Waals surface area contributed by atoms with Gasteiger partial charge in [-0.1, -0.05) is 6.92 Å². The Bertz CT molecular complexity index is 541. The monoisotopic (exact) mass is 316 g/mol. The highest BCUT2D eigenvalue weighted by atomic mass is 32.2. The molecule has 1 amide bonds.